The van der Waals surface area contributed by atoms with Gasteiger partial charge in [-0.25, -0.2) is 4.98 Å². The summed E-state index contributed by atoms with van der Waals surface area (Å²) in [6.45, 7) is 1.80. The molecule has 3 N–H and O–H groups in total. The summed E-state index contributed by atoms with van der Waals surface area (Å²) in [5.41, 5.74) is 6.28. The van der Waals surface area contributed by atoms with Crippen molar-refractivity contribution in [3.05, 3.63) is 43.3 Å². The van der Waals surface area contributed by atoms with Crippen LogP contribution in [0.1, 0.15) is 28.5 Å². The van der Waals surface area contributed by atoms with Crippen molar-refractivity contribution in [1.82, 2.24) is 4.98 Å². The fourth-order valence-electron chi connectivity index (χ4n) is 1.44. The van der Waals surface area contributed by atoms with Crippen LogP contribution in [0.25, 0.3) is 0 Å². The summed E-state index contributed by atoms with van der Waals surface area (Å²) >= 11 is 19.1. The van der Waals surface area contributed by atoms with Crippen LogP contribution in [-0.2, 0) is 0 Å². The molecule has 1 unspecified atom stereocenters. The van der Waals surface area contributed by atoms with E-state index in [1.165, 1.54) is 23.5 Å². The standard InChI is InChI=1S/C12H10Cl3N3OS/c1-5(16)12-17-9(4-20-12)11(19)18-10-7(14)2-6(13)3-8(10)15/h2-5H,16H2,1H3,(H,18,19). The Hall–Kier alpha value is -0.850. The van der Waals surface area contributed by atoms with E-state index >= 15 is 0 Å². The van der Waals surface area contributed by atoms with Crippen molar-refractivity contribution >= 4 is 57.7 Å². The Morgan fingerprint density at radius 2 is 1.95 bits per heavy atom. The van der Waals surface area contributed by atoms with Crippen LogP contribution in [0.3, 0.4) is 0 Å². The second-order valence-electron chi connectivity index (χ2n) is 4.06. The topological polar surface area (TPSA) is 68.0 Å². The first kappa shape index (κ1) is 15.5. The summed E-state index contributed by atoms with van der Waals surface area (Å²) in [4.78, 5) is 16.2. The molecular weight excluding hydrogens is 341 g/mol. The molecule has 0 fully saturated rings. The van der Waals surface area contributed by atoms with Crippen LogP contribution in [0.4, 0.5) is 5.69 Å². The van der Waals surface area contributed by atoms with E-state index in [4.69, 9.17) is 40.5 Å². The van der Waals surface area contributed by atoms with Crippen LogP contribution in [0.2, 0.25) is 15.1 Å². The molecule has 0 bridgehead atoms. The van der Waals surface area contributed by atoms with Crippen LogP contribution in [0.5, 0.6) is 0 Å². The zero-order chi connectivity index (χ0) is 14.9. The van der Waals surface area contributed by atoms with Gasteiger partial charge in [-0.1, -0.05) is 34.8 Å². The number of nitrogens with two attached hydrogens (primary N) is 1. The maximum atomic E-state index is 12.1. The molecule has 4 nitrogen and oxygen atoms in total. The number of carbonyl (C=O) groups is 1. The number of nitrogens with zero attached hydrogens (tertiary/aromatic N) is 1. The van der Waals surface area contributed by atoms with E-state index in [9.17, 15) is 4.79 Å². The van der Waals surface area contributed by atoms with Gasteiger partial charge in [0.15, 0.2) is 0 Å². The zero-order valence-electron chi connectivity index (χ0n) is 10.3. The highest BCUT2D eigenvalue weighted by Crippen LogP contribution is 2.34. The van der Waals surface area contributed by atoms with E-state index in [2.05, 4.69) is 10.3 Å². The fraction of sp³-hybridized carbons (Fsp3) is 0.167. The summed E-state index contributed by atoms with van der Waals surface area (Å²) in [5, 5.41) is 5.85. The number of hydrogen-bond acceptors (Lipinski definition) is 4. The van der Waals surface area contributed by atoms with Crippen molar-refractivity contribution < 1.29 is 4.79 Å². The Balaban J connectivity index is 2.23. The van der Waals surface area contributed by atoms with Gasteiger partial charge in [-0.15, -0.1) is 11.3 Å². The second kappa shape index (κ2) is 6.28. The fourth-order valence-corrected chi connectivity index (χ4v) is 3.11. The van der Waals surface area contributed by atoms with Gasteiger partial charge in [0, 0.05) is 10.4 Å². The molecule has 0 saturated carbocycles. The number of nitrogens with one attached hydrogen (secondary N) is 1. The monoisotopic (exact) mass is 349 g/mol. The average Bonchev–Trinajstić information content (AvgIpc) is 2.83. The predicted octanol–water partition coefficient (Wildman–Crippen LogP) is 4.38. The Bertz CT molecular complexity index is 634. The van der Waals surface area contributed by atoms with Gasteiger partial charge in [0.25, 0.3) is 5.91 Å². The molecule has 0 saturated heterocycles. The van der Waals surface area contributed by atoms with Crippen molar-refractivity contribution in [2.45, 2.75) is 13.0 Å². The Labute approximate surface area is 134 Å². The molecule has 0 aliphatic rings. The van der Waals surface area contributed by atoms with Gasteiger partial charge in [-0.2, -0.15) is 0 Å². The molecule has 8 heteroatoms. The van der Waals surface area contributed by atoms with Gasteiger partial charge in [0.1, 0.15) is 10.7 Å². The number of anilines is 1. The normalized spacial score (nSPS) is 12.2. The SMILES string of the molecule is CC(N)c1nc(C(=O)Nc2c(Cl)cc(Cl)cc2Cl)cs1. The summed E-state index contributed by atoms with van der Waals surface area (Å²) in [5.74, 6) is -0.403. The lowest BCUT2D eigenvalue weighted by Gasteiger charge is -2.08. The second-order valence-corrected chi connectivity index (χ2v) is 6.20. The van der Waals surface area contributed by atoms with Gasteiger partial charge in [-0.05, 0) is 19.1 Å². The smallest absolute Gasteiger partial charge is 0.275 e. The molecule has 0 radical (unpaired) electrons. The van der Waals surface area contributed by atoms with Crippen LogP contribution < -0.4 is 11.1 Å². The number of halogens is 3. The quantitative estimate of drug-likeness (QED) is 0.863. The highest BCUT2D eigenvalue weighted by molar-refractivity contribution is 7.09. The zero-order valence-corrected chi connectivity index (χ0v) is 13.4. The van der Waals surface area contributed by atoms with Crippen molar-refractivity contribution in [1.29, 1.82) is 0 Å². The van der Waals surface area contributed by atoms with Gasteiger partial charge >= 0.3 is 0 Å². The lowest BCUT2D eigenvalue weighted by molar-refractivity contribution is 0.102. The van der Waals surface area contributed by atoms with E-state index < -0.39 is 5.91 Å². The first-order chi connectivity index (χ1) is 9.38. The Morgan fingerprint density at radius 3 is 2.45 bits per heavy atom. The van der Waals surface area contributed by atoms with Crippen LogP contribution in [-0.4, -0.2) is 10.9 Å². The number of benzene rings is 1. The molecule has 1 amide bonds. The third-order valence-corrected chi connectivity index (χ3v) is 4.25. The average molecular weight is 351 g/mol. The van der Waals surface area contributed by atoms with E-state index in [0.717, 1.165) is 0 Å². The molecule has 0 spiro atoms. The Kier molecular flexibility index (Phi) is 4.88. The molecule has 0 aliphatic heterocycles. The summed E-state index contributed by atoms with van der Waals surface area (Å²) < 4.78 is 0. The van der Waals surface area contributed by atoms with Crippen molar-refractivity contribution in [3.8, 4) is 0 Å². The van der Waals surface area contributed by atoms with Crippen molar-refractivity contribution in [2.75, 3.05) is 5.32 Å². The summed E-state index contributed by atoms with van der Waals surface area (Å²) in [7, 11) is 0. The molecule has 106 valence electrons. The van der Waals surface area contributed by atoms with E-state index in [-0.39, 0.29) is 21.8 Å². The molecule has 1 aromatic carbocycles. The maximum absolute atomic E-state index is 12.1. The number of rotatable bonds is 3. The van der Waals surface area contributed by atoms with Crippen molar-refractivity contribution in [3.63, 3.8) is 0 Å². The minimum atomic E-state index is -0.403. The lowest BCUT2D eigenvalue weighted by atomic mass is 10.3. The summed E-state index contributed by atoms with van der Waals surface area (Å²) in [6.07, 6.45) is 0. The van der Waals surface area contributed by atoms with Gasteiger partial charge in [-0.3, -0.25) is 4.79 Å². The van der Waals surface area contributed by atoms with Crippen LogP contribution >= 0.6 is 46.1 Å². The predicted molar refractivity (Wildman–Crippen MR) is 84.1 cm³/mol. The number of carbonyl (C=O) groups excluding carboxylic acids is 1. The third kappa shape index (κ3) is 3.42. The molecule has 2 rings (SSSR count). The maximum Gasteiger partial charge on any atom is 0.275 e. The summed E-state index contributed by atoms with van der Waals surface area (Å²) in [6, 6.07) is 2.78. The van der Waals surface area contributed by atoms with E-state index in [1.807, 2.05) is 0 Å². The molecule has 1 atom stereocenters. The molecule has 2 aromatic rings. The molecule has 1 heterocycles. The number of thiazole rings is 1. The third-order valence-electron chi connectivity index (χ3n) is 2.39. The van der Waals surface area contributed by atoms with Gasteiger partial charge in [0.05, 0.1) is 21.8 Å². The first-order valence-corrected chi connectivity index (χ1v) is 7.56. The number of aromatic nitrogens is 1. The minimum absolute atomic E-state index is 0.218. The van der Waals surface area contributed by atoms with Crippen molar-refractivity contribution in [2.24, 2.45) is 5.73 Å². The van der Waals surface area contributed by atoms with E-state index in [0.29, 0.717) is 15.7 Å². The number of hydrogen-bond donors (Lipinski definition) is 2. The molecule has 20 heavy (non-hydrogen) atoms. The van der Waals surface area contributed by atoms with E-state index in [1.54, 1.807) is 12.3 Å². The highest BCUT2D eigenvalue weighted by Gasteiger charge is 2.16. The van der Waals surface area contributed by atoms with Gasteiger partial charge < -0.3 is 11.1 Å². The van der Waals surface area contributed by atoms with Crippen LogP contribution in [0, 0.1) is 0 Å². The van der Waals surface area contributed by atoms with Gasteiger partial charge in [0.2, 0.25) is 0 Å². The number of amides is 1. The largest absolute Gasteiger partial charge is 0.322 e. The Morgan fingerprint density at radius 1 is 1.35 bits per heavy atom. The molecule has 0 aliphatic carbocycles. The molecule has 1 aromatic heterocycles. The first-order valence-electron chi connectivity index (χ1n) is 5.55. The van der Waals surface area contributed by atoms with Crippen LogP contribution in [0.15, 0.2) is 17.5 Å². The molecular formula is C12H10Cl3N3OS. The minimum Gasteiger partial charge on any atom is -0.322 e. The highest BCUT2D eigenvalue weighted by atomic mass is 35.5. The lowest BCUT2D eigenvalue weighted by Crippen LogP contribution is -2.14.